The summed E-state index contributed by atoms with van der Waals surface area (Å²) in [6.45, 7) is 1.41. The number of benzene rings is 2. The van der Waals surface area contributed by atoms with E-state index in [2.05, 4.69) is 29.6 Å². The van der Waals surface area contributed by atoms with E-state index in [9.17, 15) is 19.5 Å². The van der Waals surface area contributed by atoms with Crippen LogP contribution in [0.3, 0.4) is 0 Å². The summed E-state index contributed by atoms with van der Waals surface area (Å²) in [5, 5.41) is 12.1. The molecule has 1 saturated heterocycles. The molecule has 1 heterocycles. The van der Waals surface area contributed by atoms with Crippen LogP contribution in [0.5, 0.6) is 0 Å². The largest absolute Gasteiger partial charge is 0.481 e. The van der Waals surface area contributed by atoms with E-state index < -0.39 is 17.5 Å². The fraction of sp³-hybridized carbons (Fsp3) is 0.464. The molecule has 2 N–H and O–H groups in total. The molecule has 0 atom stereocenters. The Morgan fingerprint density at radius 2 is 1.51 bits per heavy atom. The van der Waals surface area contributed by atoms with Gasteiger partial charge >= 0.3 is 12.1 Å². The predicted octanol–water partition coefficient (Wildman–Crippen LogP) is 4.41. The number of fused-ring (bicyclic) bond motifs is 3. The maximum atomic E-state index is 13.4. The van der Waals surface area contributed by atoms with Crippen LogP contribution in [-0.4, -0.2) is 54.2 Å². The summed E-state index contributed by atoms with van der Waals surface area (Å²) in [7, 11) is 0. The van der Waals surface area contributed by atoms with Crippen molar-refractivity contribution < 1.29 is 24.2 Å². The number of hydrogen-bond donors (Lipinski definition) is 2. The smallest absolute Gasteiger partial charge is 0.407 e. The number of amides is 2. The minimum absolute atomic E-state index is 0.00856. The third-order valence-corrected chi connectivity index (χ3v) is 8.06. The lowest BCUT2D eigenvalue weighted by Crippen LogP contribution is -2.51. The zero-order valence-electron chi connectivity index (χ0n) is 19.9. The number of alkyl carbamates (subject to hydrolysis) is 1. The Kier molecular flexibility index (Phi) is 6.50. The van der Waals surface area contributed by atoms with Crippen molar-refractivity contribution in [1.29, 1.82) is 0 Å². The van der Waals surface area contributed by atoms with Crippen LogP contribution in [0, 0.1) is 11.3 Å². The van der Waals surface area contributed by atoms with Crippen LogP contribution in [0.2, 0.25) is 0 Å². The maximum absolute atomic E-state index is 13.4. The Bertz CT molecular complexity index is 1070. The summed E-state index contributed by atoms with van der Waals surface area (Å²) in [5.74, 6) is -1.13. The van der Waals surface area contributed by atoms with E-state index in [4.69, 9.17) is 4.74 Å². The highest BCUT2D eigenvalue weighted by Gasteiger charge is 2.44. The monoisotopic (exact) mass is 476 g/mol. The fourth-order valence-electron chi connectivity index (χ4n) is 6.07. The van der Waals surface area contributed by atoms with Crippen LogP contribution in [-0.2, 0) is 14.3 Å². The van der Waals surface area contributed by atoms with Gasteiger partial charge in [-0.1, -0.05) is 61.4 Å². The van der Waals surface area contributed by atoms with Gasteiger partial charge in [-0.25, -0.2) is 4.79 Å². The lowest BCUT2D eigenvalue weighted by atomic mass is 9.83. The molecule has 1 saturated carbocycles. The van der Waals surface area contributed by atoms with E-state index in [-0.39, 0.29) is 30.9 Å². The first kappa shape index (κ1) is 23.4. The lowest BCUT2D eigenvalue weighted by molar-refractivity contribution is -0.149. The van der Waals surface area contributed by atoms with Gasteiger partial charge in [0, 0.05) is 25.6 Å². The number of carbonyl (C=O) groups is 3. The third-order valence-electron chi connectivity index (χ3n) is 8.06. The number of hydrogen-bond acceptors (Lipinski definition) is 4. The predicted molar refractivity (Wildman–Crippen MR) is 131 cm³/mol. The summed E-state index contributed by atoms with van der Waals surface area (Å²) in [5.41, 5.74) is 4.06. The Morgan fingerprint density at radius 1 is 0.943 bits per heavy atom. The second-order valence-electron chi connectivity index (χ2n) is 10.1. The molecule has 35 heavy (non-hydrogen) atoms. The standard InChI is InChI=1S/C28H32N2O5/c31-25(32)19-11-15-30(16-12-19)26(33)28(13-5-6-14-28)18-29-27(34)35-17-24-22-9-3-1-7-20(22)21-8-2-4-10-23(21)24/h1-4,7-10,19,24H,5-6,11-18H2,(H,29,34)(H,31,32). The second-order valence-corrected chi connectivity index (χ2v) is 10.1. The fourth-order valence-corrected chi connectivity index (χ4v) is 6.07. The molecule has 7 heteroatoms. The van der Waals surface area contributed by atoms with Gasteiger partial charge in [-0.2, -0.15) is 0 Å². The molecule has 0 radical (unpaired) electrons. The Labute approximate surface area is 205 Å². The number of ether oxygens (including phenoxy) is 1. The number of nitrogens with one attached hydrogen (secondary N) is 1. The summed E-state index contributed by atoms with van der Waals surface area (Å²) in [6.07, 6.45) is 3.82. The highest BCUT2D eigenvalue weighted by molar-refractivity contribution is 5.84. The van der Waals surface area contributed by atoms with E-state index in [1.165, 1.54) is 11.1 Å². The third kappa shape index (κ3) is 4.51. The van der Waals surface area contributed by atoms with Crippen LogP contribution in [0.1, 0.15) is 55.6 Å². The summed E-state index contributed by atoms with van der Waals surface area (Å²) >= 11 is 0. The molecule has 2 aliphatic carbocycles. The normalized spacial score (nSPS) is 19.1. The summed E-state index contributed by atoms with van der Waals surface area (Å²) in [6, 6.07) is 16.4. The maximum Gasteiger partial charge on any atom is 0.407 e. The van der Waals surface area contributed by atoms with Gasteiger partial charge in [0.1, 0.15) is 6.61 Å². The molecule has 5 rings (SSSR count). The Balaban J connectivity index is 1.20. The molecule has 2 amide bonds. The lowest BCUT2D eigenvalue weighted by Gasteiger charge is -2.37. The van der Waals surface area contributed by atoms with E-state index in [1.807, 2.05) is 24.3 Å². The van der Waals surface area contributed by atoms with Crippen LogP contribution < -0.4 is 5.32 Å². The molecule has 2 aromatic carbocycles. The van der Waals surface area contributed by atoms with E-state index in [0.29, 0.717) is 25.9 Å². The molecule has 0 aromatic heterocycles. The minimum atomic E-state index is -0.787. The molecular weight excluding hydrogens is 444 g/mol. The van der Waals surface area contributed by atoms with Gasteiger partial charge in [-0.15, -0.1) is 0 Å². The van der Waals surface area contributed by atoms with Crippen molar-refractivity contribution in [1.82, 2.24) is 10.2 Å². The molecule has 3 aliphatic rings. The number of carbonyl (C=O) groups excluding carboxylic acids is 2. The average Bonchev–Trinajstić information content (AvgIpc) is 3.50. The van der Waals surface area contributed by atoms with Gasteiger partial charge in [0.2, 0.25) is 5.91 Å². The van der Waals surface area contributed by atoms with Crippen LogP contribution in [0.25, 0.3) is 11.1 Å². The second kappa shape index (κ2) is 9.72. The first-order chi connectivity index (χ1) is 17.0. The van der Waals surface area contributed by atoms with Gasteiger partial charge in [-0.3, -0.25) is 9.59 Å². The molecule has 0 unspecified atom stereocenters. The molecule has 2 aromatic rings. The van der Waals surface area contributed by atoms with Crippen LogP contribution in [0.4, 0.5) is 4.79 Å². The molecular formula is C28H32N2O5. The van der Waals surface area contributed by atoms with E-state index in [1.54, 1.807) is 4.90 Å². The topological polar surface area (TPSA) is 95.9 Å². The number of nitrogens with zero attached hydrogens (tertiary/aromatic N) is 1. The van der Waals surface area contributed by atoms with Gasteiger partial charge < -0.3 is 20.1 Å². The van der Waals surface area contributed by atoms with E-state index in [0.717, 1.165) is 36.8 Å². The van der Waals surface area contributed by atoms with Crippen molar-refractivity contribution in [2.75, 3.05) is 26.2 Å². The van der Waals surface area contributed by atoms with E-state index >= 15 is 0 Å². The van der Waals surface area contributed by atoms with Gasteiger partial charge in [0.05, 0.1) is 11.3 Å². The molecule has 1 aliphatic heterocycles. The average molecular weight is 477 g/mol. The molecule has 0 bridgehead atoms. The highest BCUT2D eigenvalue weighted by atomic mass is 16.5. The van der Waals surface area contributed by atoms with Crippen molar-refractivity contribution in [3.63, 3.8) is 0 Å². The number of likely N-dealkylation sites (tertiary alicyclic amines) is 1. The van der Waals surface area contributed by atoms with Gasteiger partial charge in [0.15, 0.2) is 0 Å². The SMILES string of the molecule is O=C(NCC1(C(=O)N2CCC(C(=O)O)CC2)CCCC1)OCC1c2ccccc2-c2ccccc21. The zero-order valence-corrected chi connectivity index (χ0v) is 19.9. The molecule has 0 spiro atoms. The highest BCUT2D eigenvalue weighted by Crippen LogP contribution is 2.44. The molecule has 184 valence electrons. The number of rotatable bonds is 6. The first-order valence-electron chi connectivity index (χ1n) is 12.6. The Morgan fingerprint density at radius 3 is 2.09 bits per heavy atom. The minimum Gasteiger partial charge on any atom is -0.481 e. The van der Waals surface area contributed by atoms with Crippen LogP contribution in [0.15, 0.2) is 48.5 Å². The number of piperidine rings is 1. The van der Waals surface area contributed by atoms with Crippen molar-refractivity contribution in [2.24, 2.45) is 11.3 Å². The van der Waals surface area contributed by atoms with Crippen molar-refractivity contribution >= 4 is 18.0 Å². The number of carboxylic acid groups (broad SMARTS) is 1. The first-order valence-corrected chi connectivity index (χ1v) is 12.6. The zero-order chi connectivity index (χ0) is 24.4. The Hall–Kier alpha value is -3.35. The van der Waals surface area contributed by atoms with Gasteiger partial charge in [0.25, 0.3) is 0 Å². The van der Waals surface area contributed by atoms with Crippen molar-refractivity contribution in [3.8, 4) is 11.1 Å². The molecule has 7 nitrogen and oxygen atoms in total. The quantitative estimate of drug-likeness (QED) is 0.644. The van der Waals surface area contributed by atoms with Crippen molar-refractivity contribution in [3.05, 3.63) is 59.7 Å². The number of aliphatic carboxylic acids is 1. The van der Waals surface area contributed by atoms with Gasteiger partial charge in [-0.05, 0) is 47.9 Å². The van der Waals surface area contributed by atoms with Crippen molar-refractivity contribution in [2.45, 2.75) is 44.4 Å². The number of carboxylic acids is 1. The molecule has 2 fully saturated rings. The summed E-state index contributed by atoms with van der Waals surface area (Å²) < 4.78 is 5.67. The van der Waals surface area contributed by atoms with Crippen LogP contribution >= 0.6 is 0 Å². The summed E-state index contributed by atoms with van der Waals surface area (Å²) in [4.78, 5) is 39.2.